The maximum absolute atomic E-state index is 6.10. The van der Waals surface area contributed by atoms with Crippen LogP contribution in [0.25, 0.3) is 0 Å². The third-order valence-corrected chi connectivity index (χ3v) is 3.58. The number of anilines is 3. The fraction of sp³-hybridized carbons (Fsp3) is 0.0833. The molecule has 0 amide bonds. The van der Waals surface area contributed by atoms with Crippen molar-refractivity contribution in [2.24, 2.45) is 5.84 Å². The van der Waals surface area contributed by atoms with E-state index in [4.69, 9.17) is 29.0 Å². The number of nitrogens with zero attached hydrogens (tertiary/aromatic N) is 1. The molecule has 2 aromatic rings. The number of rotatable bonds is 3. The lowest BCUT2D eigenvalue weighted by molar-refractivity contribution is 1.22. The number of aryl methyl sites for hydroxylation is 1. The summed E-state index contributed by atoms with van der Waals surface area (Å²) in [4.78, 5) is 4.23. The average molecular weight is 362 g/mol. The molecule has 0 saturated heterocycles. The highest BCUT2D eigenvalue weighted by Gasteiger charge is 2.10. The largest absolute Gasteiger partial charge is 0.339 e. The second-order valence-corrected chi connectivity index (χ2v) is 5.61. The van der Waals surface area contributed by atoms with Crippen LogP contribution in [-0.2, 0) is 0 Å². The highest BCUT2D eigenvalue weighted by molar-refractivity contribution is 9.10. The summed E-state index contributed by atoms with van der Waals surface area (Å²) in [7, 11) is 0. The molecule has 0 bridgehead atoms. The van der Waals surface area contributed by atoms with Gasteiger partial charge in [-0.25, -0.2) is 10.8 Å². The lowest BCUT2D eigenvalue weighted by Gasteiger charge is -2.12. The first-order valence-corrected chi connectivity index (χ1v) is 6.92. The lowest BCUT2D eigenvalue weighted by atomic mass is 10.2. The molecule has 0 fully saturated rings. The number of halogens is 3. The summed E-state index contributed by atoms with van der Waals surface area (Å²) in [6.45, 7) is 1.99. The van der Waals surface area contributed by atoms with Crippen molar-refractivity contribution in [3.8, 4) is 0 Å². The normalized spacial score (nSPS) is 10.4. The molecule has 1 heterocycles. The Hall–Kier alpha value is -1.01. The van der Waals surface area contributed by atoms with E-state index < -0.39 is 0 Å². The van der Waals surface area contributed by atoms with Gasteiger partial charge in [0.15, 0.2) is 11.6 Å². The average Bonchev–Trinajstić information content (AvgIpc) is 2.35. The van der Waals surface area contributed by atoms with Gasteiger partial charge in [-0.2, -0.15) is 0 Å². The van der Waals surface area contributed by atoms with E-state index in [9.17, 15) is 0 Å². The van der Waals surface area contributed by atoms with Crippen molar-refractivity contribution in [3.05, 3.63) is 44.3 Å². The van der Waals surface area contributed by atoms with E-state index in [-0.39, 0.29) is 0 Å². The van der Waals surface area contributed by atoms with Crippen LogP contribution in [0.5, 0.6) is 0 Å². The summed E-state index contributed by atoms with van der Waals surface area (Å²) < 4.78 is 1.01. The van der Waals surface area contributed by atoms with Gasteiger partial charge in [0, 0.05) is 10.2 Å². The fourth-order valence-corrected chi connectivity index (χ4v) is 2.49. The molecule has 0 atom stereocenters. The molecule has 100 valence electrons. The fourth-order valence-electron chi connectivity index (χ4n) is 1.55. The van der Waals surface area contributed by atoms with Crippen LogP contribution in [0.4, 0.5) is 17.3 Å². The quantitative estimate of drug-likeness (QED) is 0.556. The van der Waals surface area contributed by atoms with Crippen LogP contribution < -0.4 is 16.6 Å². The highest BCUT2D eigenvalue weighted by atomic mass is 79.9. The van der Waals surface area contributed by atoms with E-state index in [1.54, 1.807) is 6.07 Å². The Morgan fingerprint density at radius 1 is 1.16 bits per heavy atom. The maximum atomic E-state index is 6.10. The van der Waals surface area contributed by atoms with Crippen molar-refractivity contribution in [1.82, 2.24) is 4.98 Å². The minimum Gasteiger partial charge on any atom is -0.339 e. The zero-order valence-corrected chi connectivity index (χ0v) is 13.1. The molecule has 19 heavy (non-hydrogen) atoms. The molecule has 4 N–H and O–H groups in total. The first-order chi connectivity index (χ1) is 9.01. The Labute approximate surface area is 129 Å². The smallest absolute Gasteiger partial charge is 0.161 e. The third kappa shape index (κ3) is 3.30. The molecule has 2 rings (SSSR count). The molecule has 1 aromatic carbocycles. The first-order valence-electron chi connectivity index (χ1n) is 5.37. The van der Waals surface area contributed by atoms with E-state index >= 15 is 0 Å². The van der Waals surface area contributed by atoms with Gasteiger partial charge in [0.05, 0.1) is 10.0 Å². The van der Waals surface area contributed by atoms with Crippen molar-refractivity contribution in [2.75, 3.05) is 10.7 Å². The molecular weight excluding hydrogens is 351 g/mol. The third-order valence-electron chi connectivity index (χ3n) is 2.51. The number of nitrogens with two attached hydrogens (primary N) is 1. The van der Waals surface area contributed by atoms with Crippen LogP contribution >= 0.6 is 39.1 Å². The number of pyridine rings is 1. The van der Waals surface area contributed by atoms with Gasteiger partial charge in [-0.05, 0) is 36.8 Å². The van der Waals surface area contributed by atoms with E-state index in [1.807, 2.05) is 25.1 Å². The van der Waals surface area contributed by atoms with E-state index in [2.05, 4.69) is 31.7 Å². The van der Waals surface area contributed by atoms with Crippen molar-refractivity contribution >= 4 is 56.5 Å². The first kappa shape index (κ1) is 14.4. The summed E-state index contributed by atoms with van der Waals surface area (Å²) in [5, 5.41) is 3.94. The number of aromatic nitrogens is 1. The molecule has 7 heteroatoms. The Bertz CT molecular complexity index is 619. The molecule has 1 aromatic heterocycles. The van der Waals surface area contributed by atoms with E-state index in [1.165, 1.54) is 0 Å². The molecular formula is C12H11BrCl2N4. The standard InChI is InChI=1S/C12H11BrCl2N4/c1-6-4-7(13)2-3-10(6)17-11-8(14)5-9(15)12(18-11)19-16/h2-5H,16H2,1H3,(H2,17,18,19). The Morgan fingerprint density at radius 3 is 2.47 bits per heavy atom. The van der Waals surface area contributed by atoms with Crippen molar-refractivity contribution in [3.63, 3.8) is 0 Å². The monoisotopic (exact) mass is 360 g/mol. The zero-order valence-electron chi connectivity index (χ0n) is 9.97. The number of hydrazine groups is 1. The van der Waals surface area contributed by atoms with E-state index in [0.717, 1.165) is 15.7 Å². The Kier molecular flexibility index (Phi) is 4.52. The van der Waals surface area contributed by atoms with Crippen molar-refractivity contribution in [1.29, 1.82) is 0 Å². The molecule has 0 aliphatic carbocycles. The number of hydrogen-bond donors (Lipinski definition) is 3. The molecule has 0 saturated carbocycles. The van der Waals surface area contributed by atoms with Crippen LogP contribution in [-0.4, -0.2) is 4.98 Å². The van der Waals surface area contributed by atoms with Gasteiger partial charge in [0.25, 0.3) is 0 Å². The topological polar surface area (TPSA) is 63.0 Å². The summed E-state index contributed by atoms with van der Waals surface area (Å²) in [5.74, 6) is 6.19. The second kappa shape index (κ2) is 5.96. The van der Waals surface area contributed by atoms with Crippen LogP contribution in [0.2, 0.25) is 10.0 Å². The molecule has 0 spiro atoms. The van der Waals surface area contributed by atoms with Gasteiger partial charge in [0.2, 0.25) is 0 Å². The van der Waals surface area contributed by atoms with Crippen LogP contribution in [0.1, 0.15) is 5.56 Å². The number of nitrogens with one attached hydrogen (secondary N) is 2. The Balaban J connectivity index is 2.37. The SMILES string of the molecule is Cc1cc(Br)ccc1Nc1nc(NN)c(Cl)cc1Cl. The molecule has 4 nitrogen and oxygen atoms in total. The van der Waals surface area contributed by atoms with Crippen LogP contribution in [0.15, 0.2) is 28.7 Å². The second-order valence-electron chi connectivity index (χ2n) is 3.88. The van der Waals surface area contributed by atoms with Gasteiger partial charge in [-0.15, -0.1) is 0 Å². The molecule has 0 radical (unpaired) electrons. The van der Waals surface area contributed by atoms with Crippen molar-refractivity contribution in [2.45, 2.75) is 6.92 Å². The summed E-state index contributed by atoms with van der Waals surface area (Å²) in [5.41, 5.74) is 4.39. The lowest BCUT2D eigenvalue weighted by Crippen LogP contribution is -2.10. The van der Waals surface area contributed by atoms with Gasteiger partial charge in [-0.3, -0.25) is 0 Å². The summed E-state index contributed by atoms with van der Waals surface area (Å²) >= 11 is 15.5. The minimum absolute atomic E-state index is 0.364. The number of nitrogen functional groups attached to an aromatic ring is 1. The van der Waals surface area contributed by atoms with Crippen molar-refractivity contribution < 1.29 is 0 Å². The summed E-state index contributed by atoms with van der Waals surface area (Å²) in [6, 6.07) is 7.44. The predicted octanol–water partition coefficient (Wildman–Crippen LogP) is 4.49. The van der Waals surface area contributed by atoms with Crippen LogP contribution in [0, 0.1) is 6.92 Å². The zero-order chi connectivity index (χ0) is 14.0. The molecule has 0 unspecified atom stereocenters. The molecule has 0 aliphatic rings. The Morgan fingerprint density at radius 2 is 1.84 bits per heavy atom. The van der Waals surface area contributed by atoms with Gasteiger partial charge in [0.1, 0.15) is 0 Å². The minimum atomic E-state index is 0.364. The molecule has 0 aliphatic heterocycles. The predicted molar refractivity (Wildman–Crippen MR) is 84.2 cm³/mol. The van der Waals surface area contributed by atoms with Gasteiger partial charge < -0.3 is 10.7 Å². The maximum Gasteiger partial charge on any atom is 0.161 e. The van der Waals surface area contributed by atoms with E-state index in [0.29, 0.717) is 21.7 Å². The van der Waals surface area contributed by atoms with Gasteiger partial charge >= 0.3 is 0 Å². The number of hydrogen-bond acceptors (Lipinski definition) is 4. The van der Waals surface area contributed by atoms with Crippen LogP contribution in [0.3, 0.4) is 0 Å². The summed E-state index contributed by atoms with van der Waals surface area (Å²) in [6.07, 6.45) is 0. The number of benzene rings is 1. The van der Waals surface area contributed by atoms with Gasteiger partial charge in [-0.1, -0.05) is 39.1 Å². The highest BCUT2D eigenvalue weighted by Crippen LogP contribution is 2.31.